The molecule has 0 bridgehead atoms. The first-order valence-electron chi connectivity index (χ1n) is 9.89. The van der Waals surface area contributed by atoms with Gasteiger partial charge >= 0.3 is 6.18 Å². The number of rotatable bonds is 10. The number of alkyl halides is 3. The van der Waals surface area contributed by atoms with Gasteiger partial charge in [0.2, 0.25) is 0 Å². The van der Waals surface area contributed by atoms with Gasteiger partial charge in [-0.25, -0.2) is 0 Å². The van der Waals surface area contributed by atoms with Gasteiger partial charge < -0.3 is 0 Å². The fraction of sp³-hybridized carbons (Fsp3) is 0.375. The first kappa shape index (κ1) is 23.3. The number of Topliss-reactive ketones (excluding diaryl/α,β-unsaturated/α-hetero) is 1. The predicted octanol–water partition coefficient (Wildman–Crippen LogP) is 7.91. The maximum absolute atomic E-state index is 13.2. The normalized spacial score (nSPS) is 13.0. The molecule has 0 aliphatic carbocycles. The minimum atomic E-state index is -4.35. The van der Waals surface area contributed by atoms with Crippen LogP contribution in [-0.2, 0) is 6.18 Å². The summed E-state index contributed by atoms with van der Waals surface area (Å²) in [5.74, 6) is -0.225. The van der Waals surface area contributed by atoms with Crippen molar-refractivity contribution < 1.29 is 18.0 Å². The Kier molecular flexibility index (Phi) is 9.02. The number of ketones is 1. The molecule has 0 N–H and O–H groups in total. The Balaban J connectivity index is 2.21. The summed E-state index contributed by atoms with van der Waals surface area (Å²) in [4.78, 5) is 14.1. The minimum Gasteiger partial charge on any atom is -0.293 e. The van der Waals surface area contributed by atoms with Crippen molar-refractivity contribution in [3.8, 4) is 0 Å². The maximum Gasteiger partial charge on any atom is 0.416 e. The van der Waals surface area contributed by atoms with E-state index in [1.165, 1.54) is 12.1 Å². The van der Waals surface area contributed by atoms with Crippen LogP contribution < -0.4 is 0 Å². The van der Waals surface area contributed by atoms with E-state index in [2.05, 4.69) is 6.92 Å². The third-order valence-corrected chi connectivity index (χ3v) is 5.63. The molecule has 0 spiro atoms. The molecule has 0 aliphatic heterocycles. The Morgan fingerprint density at radius 3 is 2.34 bits per heavy atom. The molecule has 2 aromatic rings. The van der Waals surface area contributed by atoms with Crippen LogP contribution in [0.1, 0.15) is 60.5 Å². The Hall–Kier alpha value is -2.01. The smallest absolute Gasteiger partial charge is 0.293 e. The van der Waals surface area contributed by atoms with E-state index in [-0.39, 0.29) is 11.7 Å². The van der Waals surface area contributed by atoms with Crippen LogP contribution in [0.25, 0.3) is 6.08 Å². The Morgan fingerprint density at radius 1 is 1.03 bits per heavy atom. The van der Waals surface area contributed by atoms with Gasteiger partial charge in [-0.15, -0.1) is 11.8 Å². The van der Waals surface area contributed by atoms with Crippen LogP contribution in [0.5, 0.6) is 0 Å². The molecule has 0 unspecified atom stereocenters. The number of benzene rings is 2. The number of hydrogen-bond acceptors (Lipinski definition) is 2. The summed E-state index contributed by atoms with van der Waals surface area (Å²) in [7, 11) is 0. The quantitative estimate of drug-likeness (QED) is 0.221. The summed E-state index contributed by atoms with van der Waals surface area (Å²) >= 11 is 1.54. The molecule has 0 saturated heterocycles. The molecule has 0 aliphatic rings. The molecule has 0 amide bonds. The second-order valence-corrected chi connectivity index (χ2v) is 7.85. The van der Waals surface area contributed by atoms with Crippen molar-refractivity contribution in [2.45, 2.75) is 50.1 Å². The van der Waals surface area contributed by atoms with Crippen LogP contribution in [0, 0.1) is 5.92 Å². The molecule has 0 fully saturated rings. The highest BCUT2D eigenvalue weighted by molar-refractivity contribution is 7.98. The highest BCUT2D eigenvalue weighted by Crippen LogP contribution is 2.30. The van der Waals surface area contributed by atoms with Crippen LogP contribution >= 0.6 is 11.8 Å². The van der Waals surface area contributed by atoms with E-state index in [1.54, 1.807) is 17.8 Å². The Bertz CT molecular complexity index is 810. The monoisotopic (exact) mass is 420 g/mol. The summed E-state index contributed by atoms with van der Waals surface area (Å²) < 4.78 is 38.2. The van der Waals surface area contributed by atoms with E-state index in [4.69, 9.17) is 0 Å². The van der Waals surface area contributed by atoms with Gasteiger partial charge in [-0.1, -0.05) is 75.1 Å². The molecule has 1 nitrogen and oxygen atoms in total. The molecule has 0 aromatic heterocycles. The summed E-state index contributed by atoms with van der Waals surface area (Å²) in [6.07, 6.45) is 6.20. The fourth-order valence-corrected chi connectivity index (χ4v) is 3.77. The first-order valence-corrected chi connectivity index (χ1v) is 11.1. The molecular formula is C24H27F3OS. The van der Waals surface area contributed by atoms with Crippen molar-refractivity contribution in [2.75, 3.05) is 6.26 Å². The van der Waals surface area contributed by atoms with Crippen molar-refractivity contribution in [3.63, 3.8) is 0 Å². The average molecular weight is 421 g/mol. The largest absolute Gasteiger partial charge is 0.416 e. The molecule has 0 radical (unpaired) electrons. The van der Waals surface area contributed by atoms with Gasteiger partial charge in [0.1, 0.15) is 0 Å². The highest BCUT2D eigenvalue weighted by atomic mass is 32.2. The van der Waals surface area contributed by atoms with Crippen molar-refractivity contribution in [1.29, 1.82) is 0 Å². The van der Waals surface area contributed by atoms with Crippen molar-refractivity contribution in [2.24, 2.45) is 5.92 Å². The molecule has 2 aromatic carbocycles. The van der Waals surface area contributed by atoms with E-state index >= 15 is 0 Å². The number of carbonyl (C=O) groups excluding carboxylic acids is 1. The number of hydrogen-bond donors (Lipinski definition) is 0. The van der Waals surface area contributed by atoms with Gasteiger partial charge in [-0.2, -0.15) is 13.2 Å². The third kappa shape index (κ3) is 7.07. The maximum atomic E-state index is 13.2. The molecule has 5 heteroatoms. The molecule has 0 saturated carbocycles. The zero-order chi connectivity index (χ0) is 21.3. The lowest BCUT2D eigenvalue weighted by molar-refractivity contribution is -0.137. The van der Waals surface area contributed by atoms with Crippen LogP contribution in [0.2, 0.25) is 0 Å². The highest BCUT2D eigenvalue weighted by Gasteiger charge is 2.29. The molecule has 156 valence electrons. The molecule has 29 heavy (non-hydrogen) atoms. The number of unbranched alkanes of at least 4 members (excludes halogenated alkanes) is 3. The second kappa shape index (κ2) is 11.2. The summed E-state index contributed by atoms with van der Waals surface area (Å²) in [6.45, 7) is 2.14. The Morgan fingerprint density at radius 2 is 1.72 bits per heavy atom. The Labute approximate surface area is 175 Å². The predicted molar refractivity (Wildman–Crippen MR) is 115 cm³/mol. The van der Waals surface area contributed by atoms with Crippen molar-refractivity contribution in [3.05, 3.63) is 71.3 Å². The van der Waals surface area contributed by atoms with Crippen LogP contribution in [0.3, 0.4) is 0 Å². The van der Waals surface area contributed by atoms with Gasteiger partial charge in [0, 0.05) is 16.4 Å². The zero-order valence-electron chi connectivity index (χ0n) is 16.8. The van der Waals surface area contributed by atoms with Crippen LogP contribution in [-0.4, -0.2) is 12.0 Å². The zero-order valence-corrected chi connectivity index (χ0v) is 17.7. The van der Waals surface area contributed by atoms with Gasteiger partial charge in [0.05, 0.1) is 5.56 Å². The SMILES string of the molecule is CCCCCC[C@@H](/C=C/c1ccc(C(F)(F)F)cc1)C(=O)c1ccccc1SC. The summed E-state index contributed by atoms with van der Waals surface area (Å²) in [5.41, 5.74) is 0.691. The van der Waals surface area contributed by atoms with Gasteiger partial charge in [-0.05, 0) is 36.4 Å². The lowest BCUT2D eigenvalue weighted by atomic mass is 9.91. The van der Waals surface area contributed by atoms with Gasteiger partial charge in [0.15, 0.2) is 5.78 Å². The number of halogens is 3. The first-order chi connectivity index (χ1) is 13.9. The van der Waals surface area contributed by atoms with E-state index in [0.717, 1.165) is 49.1 Å². The fourth-order valence-electron chi connectivity index (χ4n) is 3.16. The average Bonchev–Trinajstić information content (AvgIpc) is 2.72. The molecule has 1 atom stereocenters. The standard InChI is InChI=1S/C24H27F3OS/c1-3-4-5-6-9-19(23(28)21-10-7-8-11-22(21)29-2)15-12-18-13-16-20(17-14-18)24(25,26)27/h7-8,10-17,19H,3-6,9H2,1-2H3/b15-12+/t19-/m0/s1. The number of carbonyl (C=O) groups is 1. The number of thioether (sulfide) groups is 1. The van der Waals surface area contributed by atoms with E-state index in [1.807, 2.05) is 36.6 Å². The van der Waals surface area contributed by atoms with Crippen molar-refractivity contribution >= 4 is 23.6 Å². The molecule has 2 rings (SSSR count). The number of allylic oxidation sites excluding steroid dienone is 1. The second-order valence-electron chi connectivity index (χ2n) is 7.00. The van der Waals surface area contributed by atoms with Crippen LogP contribution in [0.15, 0.2) is 59.5 Å². The van der Waals surface area contributed by atoms with Gasteiger partial charge in [-0.3, -0.25) is 4.79 Å². The molecule has 0 heterocycles. The topological polar surface area (TPSA) is 17.1 Å². The third-order valence-electron chi connectivity index (χ3n) is 4.84. The van der Waals surface area contributed by atoms with E-state index < -0.39 is 11.7 Å². The van der Waals surface area contributed by atoms with Crippen LogP contribution in [0.4, 0.5) is 13.2 Å². The van der Waals surface area contributed by atoms with Gasteiger partial charge in [0.25, 0.3) is 0 Å². The van der Waals surface area contributed by atoms with E-state index in [9.17, 15) is 18.0 Å². The summed E-state index contributed by atoms with van der Waals surface area (Å²) in [5, 5.41) is 0. The lowest BCUT2D eigenvalue weighted by Gasteiger charge is -2.14. The lowest BCUT2D eigenvalue weighted by Crippen LogP contribution is -2.13. The summed E-state index contributed by atoms with van der Waals surface area (Å²) in [6, 6.07) is 12.6. The van der Waals surface area contributed by atoms with Crippen molar-refractivity contribution in [1.82, 2.24) is 0 Å². The van der Waals surface area contributed by atoms with E-state index in [0.29, 0.717) is 11.1 Å². The minimum absolute atomic E-state index is 0.0645. The molecular weight excluding hydrogens is 393 g/mol.